The van der Waals surface area contributed by atoms with Gasteiger partial charge in [-0.3, -0.25) is 0 Å². The predicted molar refractivity (Wildman–Crippen MR) is 77.0 cm³/mol. The number of aromatic amines is 1. The molecule has 0 bridgehead atoms. The number of hydrogen-bond acceptors (Lipinski definition) is 4. The molecule has 0 aliphatic carbocycles. The van der Waals surface area contributed by atoms with E-state index in [1.807, 2.05) is 6.92 Å². The summed E-state index contributed by atoms with van der Waals surface area (Å²) < 4.78 is 29.1. The molecule has 7 nitrogen and oxygen atoms in total. The van der Waals surface area contributed by atoms with Crippen LogP contribution in [0.3, 0.4) is 0 Å². The van der Waals surface area contributed by atoms with Crippen LogP contribution in [-0.2, 0) is 10.2 Å². The van der Waals surface area contributed by atoms with Crippen molar-refractivity contribution in [2.24, 2.45) is 11.7 Å². The lowest BCUT2D eigenvalue weighted by Gasteiger charge is -2.32. The van der Waals surface area contributed by atoms with E-state index >= 15 is 0 Å². The van der Waals surface area contributed by atoms with Crippen LogP contribution in [-0.4, -0.2) is 42.3 Å². The molecule has 114 valence electrons. The van der Waals surface area contributed by atoms with Gasteiger partial charge >= 0.3 is 0 Å². The average molecular weight is 301 g/mol. The fourth-order valence-electron chi connectivity index (χ4n) is 2.49. The molecular formula is C12H23N5O2S. The van der Waals surface area contributed by atoms with Crippen molar-refractivity contribution < 1.29 is 8.42 Å². The average Bonchev–Trinajstić information content (AvgIpc) is 2.99. The molecule has 1 aliphatic heterocycles. The molecule has 2 rings (SSSR count). The van der Waals surface area contributed by atoms with Crippen LogP contribution in [0.25, 0.3) is 0 Å². The fourth-order valence-corrected chi connectivity index (χ4v) is 4.06. The van der Waals surface area contributed by atoms with Crippen LogP contribution < -0.4 is 10.5 Å². The topological polar surface area (TPSA) is 104 Å². The van der Waals surface area contributed by atoms with Crippen molar-refractivity contribution in [1.82, 2.24) is 19.0 Å². The zero-order valence-electron chi connectivity index (χ0n) is 11.7. The lowest BCUT2D eigenvalue weighted by Crippen LogP contribution is -2.48. The summed E-state index contributed by atoms with van der Waals surface area (Å²) >= 11 is 0. The molecule has 1 aliphatic rings. The summed E-state index contributed by atoms with van der Waals surface area (Å²) in [5.74, 6) is 0.896. The van der Waals surface area contributed by atoms with Crippen molar-refractivity contribution >= 4 is 10.2 Å². The van der Waals surface area contributed by atoms with Crippen molar-refractivity contribution in [2.45, 2.75) is 32.2 Å². The van der Waals surface area contributed by atoms with Gasteiger partial charge in [0.25, 0.3) is 10.2 Å². The van der Waals surface area contributed by atoms with Crippen LogP contribution in [0.1, 0.15) is 38.1 Å². The van der Waals surface area contributed by atoms with Gasteiger partial charge in [-0.25, -0.2) is 4.98 Å². The van der Waals surface area contributed by atoms with Gasteiger partial charge < -0.3 is 10.7 Å². The Kier molecular flexibility index (Phi) is 5.14. The van der Waals surface area contributed by atoms with E-state index in [1.54, 1.807) is 12.4 Å². The molecule has 1 aromatic rings. The molecule has 1 fully saturated rings. The predicted octanol–water partition coefficient (Wildman–Crippen LogP) is 0.366. The molecule has 0 aromatic carbocycles. The maximum Gasteiger partial charge on any atom is 0.280 e. The Morgan fingerprint density at radius 2 is 2.45 bits per heavy atom. The van der Waals surface area contributed by atoms with E-state index in [2.05, 4.69) is 14.7 Å². The number of nitrogens with one attached hydrogen (secondary N) is 2. The van der Waals surface area contributed by atoms with Crippen LogP contribution in [0.15, 0.2) is 12.4 Å². The van der Waals surface area contributed by atoms with E-state index in [0.717, 1.165) is 12.8 Å². The highest BCUT2D eigenvalue weighted by Crippen LogP contribution is 2.20. The first-order valence-electron chi connectivity index (χ1n) is 7.03. The molecule has 0 saturated carbocycles. The number of aromatic nitrogens is 2. The number of H-pyrrole nitrogens is 1. The minimum atomic E-state index is -3.50. The van der Waals surface area contributed by atoms with Gasteiger partial charge in [0, 0.05) is 25.5 Å². The first-order valence-corrected chi connectivity index (χ1v) is 8.47. The molecule has 0 radical (unpaired) electrons. The first-order chi connectivity index (χ1) is 9.56. The second-order valence-electron chi connectivity index (χ2n) is 5.16. The molecule has 0 spiro atoms. The van der Waals surface area contributed by atoms with Crippen molar-refractivity contribution in [2.75, 3.05) is 19.6 Å². The summed E-state index contributed by atoms with van der Waals surface area (Å²) in [6, 6.07) is -0.326. The van der Waals surface area contributed by atoms with Crippen LogP contribution in [0.2, 0.25) is 0 Å². The second-order valence-corrected chi connectivity index (χ2v) is 6.86. The maximum atomic E-state index is 12.4. The fraction of sp³-hybridized carbons (Fsp3) is 0.750. The highest BCUT2D eigenvalue weighted by atomic mass is 32.2. The minimum absolute atomic E-state index is 0.254. The number of hydrogen-bond donors (Lipinski definition) is 3. The summed E-state index contributed by atoms with van der Waals surface area (Å²) in [4.78, 5) is 7.08. The van der Waals surface area contributed by atoms with E-state index in [-0.39, 0.29) is 12.0 Å². The third-order valence-corrected chi connectivity index (χ3v) is 5.30. The van der Waals surface area contributed by atoms with Crippen LogP contribution >= 0.6 is 0 Å². The van der Waals surface area contributed by atoms with Crippen molar-refractivity contribution in [3.8, 4) is 0 Å². The Hall–Kier alpha value is -0.960. The number of nitrogens with zero attached hydrogens (tertiary/aromatic N) is 2. The third kappa shape index (κ3) is 3.57. The number of nitrogens with two attached hydrogens (primary N) is 1. The summed E-state index contributed by atoms with van der Waals surface area (Å²) in [7, 11) is -3.50. The van der Waals surface area contributed by atoms with Crippen LogP contribution in [0, 0.1) is 5.92 Å². The summed E-state index contributed by atoms with van der Waals surface area (Å²) in [6.07, 6.45) is 5.81. The van der Waals surface area contributed by atoms with E-state index in [4.69, 9.17) is 5.73 Å². The van der Waals surface area contributed by atoms with Crippen molar-refractivity contribution in [3.63, 3.8) is 0 Å². The molecule has 2 unspecified atom stereocenters. The van der Waals surface area contributed by atoms with Gasteiger partial charge in [-0.15, -0.1) is 0 Å². The van der Waals surface area contributed by atoms with E-state index in [1.165, 1.54) is 4.31 Å². The van der Waals surface area contributed by atoms with Gasteiger partial charge in [0.15, 0.2) is 0 Å². The SMILES string of the molecule is CCC(NS(=O)(=O)N1CCCC(CN)C1)c1ncc[nH]1. The van der Waals surface area contributed by atoms with Gasteiger partial charge in [0.1, 0.15) is 5.82 Å². The molecule has 4 N–H and O–H groups in total. The molecule has 2 atom stereocenters. The Bertz CT molecular complexity index is 502. The van der Waals surface area contributed by atoms with E-state index < -0.39 is 10.2 Å². The van der Waals surface area contributed by atoms with Crippen LogP contribution in [0.4, 0.5) is 0 Å². The Balaban J connectivity index is 2.06. The lowest BCUT2D eigenvalue weighted by atomic mass is 10.0. The van der Waals surface area contributed by atoms with E-state index in [0.29, 0.717) is 31.9 Å². The number of imidazole rings is 1. The first kappa shape index (κ1) is 15.4. The largest absolute Gasteiger partial charge is 0.347 e. The lowest BCUT2D eigenvalue weighted by molar-refractivity contribution is 0.267. The van der Waals surface area contributed by atoms with Gasteiger partial charge in [-0.05, 0) is 31.7 Å². The second kappa shape index (κ2) is 6.66. The monoisotopic (exact) mass is 301 g/mol. The molecule has 8 heteroatoms. The van der Waals surface area contributed by atoms with Gasteiger partial charge in [0.05, 0.1) is 6.04 Å². The zero-order valence-corrected chi connectivity index (χ0v) is 12.6. The minimum Gasteiger partial charge on any atom is -0.347 e. The number of piperidine rings is 1. The highest BCUT2D eigenvalue weighted by molar-refractivity contribution is 7.87. The summed E-state index contributed by atoms with van der Waals surface area (Å²) in [5, 5.41) is 0. The Labute approximate surface area is 120 Å². The highest BCUT2D eigenvalue weighted by Gasteiger charge is 2.30. The number of rotatable bonds is 6. The maximum absolute atomic E-state index is 12.4. The summed E-state index contributed by atoms with van der Waals surface area (Å²) in [6.45, 7) is 3.51. The zero-order chi connectivity index (χ0) is 14.6. The Morgan fingerprint density at radius 1 is 1.65 bits per heavy atom. The van der Waals surface area contributed by atoms with Crippen molar-refractivity contribution in [1.29, 1.82) is 0 Å². The molecule has 1 saturated heterocycles. The van der Waals surface area contributed by atoms with Crippen LogP contribution in [0.5, 0.6) is 0 Å². The molecular weight excluding hydrogens is 278 g/mol. The molecule has 2 heterocycles. The van der Waals surface area contributed by atoms with Gasteiger partial charge in [-0.2, -0.15) is 17.4 Å². The standard InChI is InChI=1S/C12H23N5O2S/c1-2-11(12-14-5-6-15-12)16-20(18,19)17-7-3-4-10(8-13)9-17/h5-6,10-11,16H,2-4,7-9,13H2,1H3,(H,14,15). The third-order valence-electron chi connectivity index (χ3n) is 3.70. The normalized spacial score (nSPS) is 22.8. The molecule has 0 amide bonds. The Morgan fingerprint density at radius 3 is 3.05 bits per heavy atom. The summed E-state index contributed by atoms with van der Waals surface area (Å²) in [5.41, 5.74) is 5.66. The van der Waals surface area contributed by atoms with Crippen molar-refractivity contribution in [3.05, 3.63) is 18.2 Å². The quantitative estimate of drug-likeness (QED) is 0.706. The van der Waals surface area contributed by atoms with E-state index in [9.17, 15) is 8.42 Å². The smallest absolute Gasteiger partial charge is 0.280 e. The van der Waals surface area contributed by atoms with Gasteiger partial charge in [0.2, 0.25) is 0 Å². The molecule has 20 heavy (non-hydrogen) atoms. The molecule has 1 aromatic heterocycles. The van der Waals surface area contributed by atoms with Gasteiger partial charge in [-0.1, -0.05) is 6.92 Å².